The van der Waals surface area contributed by atoms with E-state index >= 15 is 0 Å². The van der Waals surface area contributed by atoms with Gasteiger partial charge >= 0.3 is 5.97 Å². The normalized spacial score (nSPS) is 10.4. The third kappa shape index (κ3) is 2.04. The molecule has 3 heteroatoms. The standard InChI is InChI=1S/C13H12O2S/c1-2-15-13(14)11-7-9-5-3-4-6-10(9)8-12(11)16/h3-8,16H,2H2,1H3. The Hall–Kier alpha value is -1.48. The minimum absolute atomic E-state index is 0.321. The Balaban J connectivity index is 2.54. The van der Waals surface area contributed by atoms with Gasteiger partial charge in [-0.05, 0) is 29.8 Å². The SMILES string of the molecule is CCOC(=O)c1cc2ccccc2cc1S. The van der Waals surface area contributed by atoms with Gasteiger partial charge in [0.2, 0.25) is 0 Å². The Labute approximate surface area is 99.6 Å². The van der Waals surface area contributed by atoms with Gasteiger partial charge in [-0.3, -0.25) is 0 Å². The maximum Gasteiger partial charge on any atom is 0.339 e. The minimum atomic E-state index is -0.321. The fraction of sp³-hybridized carbons (Fsp3) is 0.154. The van der Waals surface area contributed by atoms with Crippen molar-refractivity contribution in [3.8, 4) is 0 Å². The first-order chi connectivity index (χ1) is 7.72. The smallest absolute Gasteiger partial charge is 0.339 e. The molecule has 2 rings (SSSR count). The van der Waals surface area contributed by atoms with Gasteiger partial charge in [0.1, 0.15) is 0 Å². The van der Waals surface area contributed by atoms with Crippen LogP contribution < -0.4 is 0 Å². The van der Waals surface area contributed by atoms with Crippen molar-refractivity contribution in [2.24, 2.45) is 0 Å². The van der Waals surface area contributed by atoms with Crippen molar-refractivity contribution in [1.82, 2.24) is 0 Å². The van der Waals surface area contributed by atoms with Crippen molar-refractivity contribution in [3.63, 3.8) is 0 Å². The Kier molecular flexibility index (Phi) is 3.15. The molecule has 0 N–H and O–H groups in total. The van der Waals surface area contributed by atoms with E-state index in [1.54, 1.807) is 6.92 Å². The first kappa shape index (κ1) is 11.0. The van der Waals surface area contributed by atoms with Crippen LogP contribution in [0.4, 0.5) is 0 Å². The number of ether oxygens (including phenoxy) is 1. The van der Waals surface area contributed by atoms with Gasteiger partial charge in [-0.25, -0.2) is 4.79 Å². The summed E-state index contributed by atoms with van der Waals surface area (Å²) in [5.41, 5.74) is 0.517. The number of carbonyl (C=O) groups is 1. The maximum absolute atomic E-state index is 11.6. The third-order valence-corrected chi connectivity index (χ3v) is 2.73. The molecule has 82 valence electrons. The summed E-state index contributed by atoms with van der Waals surface area (Å²) in [6.07, 6.45) is 0. The van der Waals surface area contributed by atoms with E-state index in [0.29, 0.717) is 17.1 Å². The molecular formula is C13H12O2S. The zero-order valence-corrected chi connectivity index (χ0v) is 9.83. The summed E-state index contributed by atoms with van der Waals surface area (Å²) in [5, 5.41) is 2.09. The molecule has 0 aliphatic rings. The summed E-state index contributed by atoms with van der Waals surface area (Å²) >= 11 is 4.31. The maximum atomic E-state index is 11.6. The largest absolute Gasteiger partial charge is 0.462 e. The zero-order valence-electron chi connectivity index (χ0n) is 8.93. The van der Waals surface area contributed by atoms with Crippen LogP contribution in [0.5, 0.6) is 0 Å². The molecular weight excluding hydrogens is 220 g/mol. The summed E-state index contributed by atoms with van der Waals surface area (Å²) in [5.74, 6) is -0.321. The molecule has 0 atom stereocenters. The Bertz CT molecular complexity index is 534. The molecule has 0 aliphatic carbocycles. The number of benzene rings is 2. The minimum Gasteiger partial charge on any atom is -0.462 e. The summed E-state index contributed by atoms with van der Waals surface area (Å²) in [6.45, 7) is 2.16. The van der Waals surface area contributed by atoms with Crippen molar-refractivity contribution < 1.29 is 9.53 Å². The number of thiol groups is 1. The predicted octanol–water partition coefficient (Wildman–Crippen LogP) is 3.31. The molecule has 0 saturated carbocycles. The summed E-state index contributed by atoms with van der Waals surface area (Å²) < 4.78 is 4.97. The topological polar surface area (TPSA) is 26.3 Å². The molecule has 0 bridgehead atoms. The van der Waals surface area contributed by atoms with Crippen LogP contribution in [-0.4, -0.2) is 12.6 Å². The van der Waals surface area contributed by atoms with Crippen LogP contribution in [0.15, 0.2) is 41.3 Å². The number of rotatable bonds is 2. The molecule has 0 amide bonds. The molecule has 0 aromatic heterocycles. The lowest BCUT2D eigenvalue weighted by Gasteiger charge is -2.06. The quantitative estimate of drug-likeness (QED) is 0.635. The molecule has 0 aliphatic heterocycles. The van der Waals surface area contributed by atoms with Crippen LogP contribution in [-0.2, 0) is 4.74 Å². The molecule has 0 spiro atoms. The average Bonchev–Trinajstić information content (AvgIpc) is 2.28. The number of hydrogen-bond donors (Lipinski definition) is 1. The van der Waals surface area contributed by atoms with Gasteiger partial charge in [-0.2, -0.15) is 0 Å². The highest BCUT2D eigenvalue weighted by atomic mass is 32.1. The van der Waals surface area contributed by atoms with Crippen LogP contribution in [0.3, 0.4) is 0 Å². The third-order valence-electron chi connectivity index (χ3n) is 2.36. The summed E-state index contributed by atoms with van der Waals surface area (Å²) in [6, 6.07) is 11.5. The van der Waals surface area contributed by atoms with E-state index < -0.39 is 0 Å². The van der Waals surface area contributed by atoms with E-state index in [1.165, 1.54) is 0 Å². The van der Waals surface area contributed by atoms with E-state index in [4.69, 9.17) is 4.74 Å². The van der Waals surface area contributed by atoms with Gasteiger partial charge < -0.3 is 4.74 Å². The Morgan fingerprint density at radius 1 is 1.25 bits per heavy atom. The van der Waals surface area contributed by atoms with E-state index in [-0.39, 0.29) is 5.97 Å². The second-order valence-corrected chi connectivity index (χ2v) is 3.92. The number of fused-ring (bicyclic) bond motifs is 1. The highest BCUT2D eigenvalue weighted by molar-refractivity contribution is 7.80. The predicted molar refractivity (Wildman–Crippen MR) is 67.2 cm³/mol. The zero-order chi connectivity index (χ0) is 11.5. The van der Waals surface area contributed by atoms with Gasteiger partial charge in [-0.1, -0.05) is 24.3 Å². The second-order valence-electron chi connectivity index (χ2n) is 3.44. The van der Waals surface area contributed by atoms with Crippen molar-refractivity contribution in [2.75, 3.05) is 6.61 Å². The Morgan fingerprint density at radius 3 is 2.50 bits per heavy atom. The first-order valence-corrected chi connectivity index (χ1v) is 5.56. The van der Waals surface area contributed by atoms with E-state index in [2.05, 4.69) is 12.6 Å². The molecule has 0 unspecified atom stereocenters. The van der Waals surface area contributed by atoms with E-state index in [1.807, 2.05) is 36.4 Å². The van der Waals surface area contributed by atoms with Gasteiger partial charge in [0.25, 0.3) is 0 Å². The fourth-order valence-electron chi connectivity index (χ4n) is 1.60. The van der Waals surface area contributed by atoms with Crippen molar-refractivity contribution in [3.05, 3.63) is 42.0 Å². The van der Waals surface area contributed by atoms with Gasteiger partial charge in [-0.15, -0.1) is 12.6 Å². The summed E-state index contributed by atoms with van der Waals surface area (Å²) in [7, 11) is 0. The van der Waals surface area contributed by atoms with Crippen LogP contribution in [0.25, 0.3) is 10.8 Å². The Morgan fingerprint density at radius 2 is 1.88 bits per heavy atom. The molecule has 0 heterocycles. The van der Waals surface area contributed by atoms with Crippen LogP contribution in [0.2, 0.25) is 0 Å². The highest BCUT2D eigenvalue weighted by Gasteiger charge is 2.11. The van der Waals surface area contributed by atoms with Gasteiger partial charge in [0.15, 0.2) is 0 Å². The number of hydrogen-bond acceptors (Lipinski definition) is 3. The molecule has 0 radical (unpaired) electrons. The van der Waals surface area contributed by atoms with Crippen molar-refractivity contribution in [1.29, 1.82) is 0 Å². The molecule has 0 fully saturated rings. The molecule has 2 aromatic carbocycles. The van der Waals surface area contributed by atoms with Gasteiger partial charge in [0.05, 0.1) is 12.2 Å². The lowest BCUT2D eigenvalue weighted by atomic mass is 10.1. The second kappa shape index (κ2) is 4.58. The van der Waals surface area contributed by atoms with Crippen LogP contribution in [0.1, 0.15) is 17.3 Å². The fourth-order valence-corrected chi connectivity index (χ4v) is 1.90. The summed E-state index contributed by atoms with van der Waals surface area (Å²) in [4.78, 5) is 12.3. The number of esters is 1. The number of carbonyl (C=O) groups excluding carboxylic acids is 1. The van der Waals surface area contributed by atoms with Crippen molar-refractivity contribution >= 4 is 29.4 Å². The molecule has 0 saturated heterocycles. The molecule has 16 heavy (non-hydrogen) atoms. The molecule has 2 nitrogen and oxygen atoms in total. The molecule has 2 aromatic rings. The van der Waals surface area contributed by atoms with Crippen LogP contribution >= 0.6 is 12.6 Å². The monoisotopic (exact) mass is 232 g/mol. The highest BCUT2D eigenvalue weighted by Crippen LogP contribution is 2.23. The first-order valence-electron chi connectivity index (χ1n) is 5.11. The lowest BCUT2D eigenvalue weighted by Crippen LogP contribution is -2.05. The van der Waals surface area contributed by atoms with E-state index in [0.717, 1.165) is 10.8 Å². The average molecular weight is 232 g/mol. The van der Waals surface area contributed by atoms with Crippen LogP contribution in [0, 0.1) is 0 Å². The van der Waals surface area contributed by atoms with Crippen molar-refractivity contribution in [2.45, 2.75) is 11.8 Å². The van der Waals surface area contributed by atoms with E-state index in [9.17, 15) is 4.79 Å². The van der Waals surface area contributed by atoms with Gasteiger partial charge in [0, 0.05) is 4.90 Å². The lowest BCUT2D eigenvalue weighted by molar-refractivity contribution is 0.0522.